The molecule has 1 aliphatic heterocycles. The lowest BCUT2D eigenvalue weighted by Crippen LogP contribution is -2.48. The zero-order valence-corrected chi connectivity index (χ0v) is 17.6. The molecule has 1 fully saturated rings. The molecule has 2 aromatic rings. The van der Waals surface area contributed by atoms with E-state index in [-0.39, 0.29) is 12.3 Å². The number of carbonyl (C=O) groups is 2. The average molecular weight is 415 g/mol. The first-order valence-electron chi connectivity index (χ1n) is 10.3. The van der Waals surface area contributed by atoms with Gasteiger partial charge in [-0.05, 0) is 19.4 Å². The van der Waals surface area contributed by atoms with Crippen molar-refractivity contribution in [1.29, 1.82) is 0 Å². The Kier molecular flexibility index (Phi) is 7.59. The van der Waals surface area contributed by atoms with Gasteiger partial charge in [-0.2, -0.15) is 0 Å². The van der Waals surface area contributed by atoms with Crippen molar-refractivity contribution < 1.29 is 19.2 Å². The second kappa shape index (κ2) is 10.4. The molecule has 2 N–H and O–H groups in total. The van der Waals surface area contributed by atoms with Gasteiger partial charge >= 0.3 is 5.97 Å². The van der Waals surface area contributed by atoms with Crippen molar-refractivity contribution in [2.24, 2.45) is 5.92 Å². The summed E-state index contributed by atoms with van der Waals surface area (Å²) in [5.74, 6) is -1.02. The minimum absolute atomic E-state index is 0.0124. The van der Waals surface area contributed by atoms with Gasteiger partial charge in [-0.25, -0.2) is 0 Å². The van der Waals surface area contributed by atoms with Crippen LogP contribution in [0.2, 0.25) is 0 Å². The molecule has 30 heavy (non-hydrogen) atoms. The highest BCUT2D eigenvalue weighted by Crippen LogP contribution is 2.17. The third-order valence-electron chi connectivity index (χ3n) is 5.62. The Balaban J connectivity index is 1.44. The topological polar surface area (TPSA) is 98.9 Å². The number of carbonyl (C=O) groups excluding carboxylic acids is 1. The number of nitrogens with one attached hydrogen (secondary N) is 1. The summed E-state index contributed by atoms with van der Waals surface area (Å²) in [7, 11) is 0. The molecule has 0 saturated carbocycles. The van der Waals surface area contributed by atoms with Gasteiger partial charge < -0.3 is 14.9 Å². The van der Waals surface area contributed by atoms with Crippen LogP contribution in [0, 0.1) is 19.8 Å². The van der Waals surface area contributed by atoms with Crippen molar-refractivity contribution in [2.45, 2.75) is 33.4 Å². The highest BCUT2D eigenvalue weighted by molar-refractivity contribution is 5.82. The lowest BCUT2D eigenvalue weighted by atomic mass is 10.0. The normalized spacial score (nSPS) is 16.3. The van der Waals surface area contributed by atoms with Crippen molar-refractivity contribution in [2.75, 3.05) is 32.7 Å². The average Bonchev–Trinajstić information content (AvgIpc) is 3.06. The largest absolute Gasteiger partial charge is 0.481 e. The maximum atomic E-state index is 12.3. The summed E-state index contributed by atoms with van der Waals surface area (Å²) < 4.78 is 5.23. The van der Waals surface area contributed by atoms with Gasteiger partial charge in [0, 0.05) is 57.8 Å². The second-order valence-corrected chi connectivity index (χ2v) is 7.88. The first kappa shape index (κ1) is 22.0. The van der Waals surface area contributed by atoms with Gasteiger partial charge in [0.05, 0.1) is 11.6 Å². The quantitative estimate of drug-likeness (QED) is 0.646. The van der Waals surface area contributed by atoms with E-state index in [0.29, 0.717) is 13.1 Å². The minimum Gasteiger partial charge on any atom is -0.481 e. The van der Waals surface area contributed by atoms with Crippen LogP contribution in [0.1, 0.15) is 29.0 Å². The van der Waals surface area contributed by atoms with E-state index in [1.165, 1.54) is 0 Å². The van der Waals surface area contributed by atoms with E-state index in [0.717, 1.165) is 55.3 Å². The van der Waals surface area contributed by atoms with Crippen LogP contribution in [0.4, 0.5) is 0 Å². The smallest absolute Gasteiger partial charge is 0.308 e. The summed E-state index contributed by atoms with van der Waals surface area (Å²) in [4.78, 5) is 28.4. The van der Waals surface area contributed by atoms with E-state index in [4.69, 9.17) is 4.52 Å². The molecule has 1 amide bonds. The third-order valence-corrected chi connectivity index (χ3v) is 5.62. The fourth-order valence-electron chi connectivity index (χ4n) is 3.72. The molecule has 1 aromatic carbocycles. The van der Waals surface area contributed by atoms with Crippen LogP contribution in [0.5, 0.6) is 0 Å². The van der Waals surface area contributed by atoms with Crippen LogP contribution in [-0.4, -0.2) is 64.7 Å². The Labute approximate surface area is 176 Å². The molecule has 1 aromatic heterocycles. The molecular formula is C22H30N4O4. The number of nitrogens with zero attached hydrogens (tertiary/aromatic N) is 3. The van der Waals surface area contributed by atoms with Crippen LogP contribution in [-0.2, 0) is 22.7 Å². The van der Waals surface area contributed by atoms with E-state index in [9.17, 15) is 14.7 Å². The summed E-state index contributed by atoms with van der Waals surface area (Å²) >= 11 is 0. The standard InChI is InChI=1S/C22H30N4O4/c1-16-20(17(2)30-24-16)15-26-10-8-25(9-11-26)14-19(22(28)29)12-21(27)23-13-18-6-4-3-5-7-18/h3-7,19H,8-15H2,1-2H3,(H,23,27)(H,28,29)/t19-/m0/s1. The monoisotopic (exact) mass is 414 g/mol. The lowest BCUT2D eigenvalue weighted by Gasteiger charge is -2.35. The molecule has 0 spiro atoms. The number of amides is 1. The first-order valence-corrected chi connectivity index (χ1v) is 10.3. The number of hydrogen-bond acceptors (Lipinski definition) is 6. The number of benzene rings is 1. The zero-order chi connectivity index (χ0) is 21.5. The van der Waals surface area contributed by atoms with Gasteiger partial charge in [0.1, 0.15) is 5.76 Å². The predicted molar refractivity (Wildman–Crippen MR) is 112 cm³/mol. The molecule has 0 radical (unpaired) electrons. The molecule has 1 aliphatic rings. The highest BCUT2D eigenvalue weighted by Gasteiger charge is 2.27. The minimum atomic E-state index is -0.928. The predicted octanol–water partition coefficient (Wildman–Crippen LogP) is 1.82. The number of aromatic nitrogens is 1. The maximum Gasteiger partial charge on any atom is 0.308 e. The Morgan fingerprint density at radius 3 is 2.40 bits per heavy atom. The molecular weight excluding hydrogens is 384 g/mol. The SMILES string of the molecule is Cc1noc(C)c1CN1CCN(C[C@H](CC(=O)NCc2ccccc2)C(=O)O)CC1. The molecule has 1 atom stereocenters. The van der Waals surface area contributed by atoms with E-state index >= 15 is 0 Å². The number of carboxylic acid groups (broad SMARTS) is 1. The van der Waals surface area contributed by atoms with Gasteiger partial charge in [-0.3, -0.25) is 19.4 Å². The fourth-order valence-corrected chi connectivity index (χ4v) is 3.72. The number of hydrogen-bond donors (Lipinski definition) is 2. The summed E-state index contributed by atoms with van der Waals surface area (Å²) in [6.45, 7) is 8.69. The maximum absolute atomic E-state index is 12.3. The van der Waals surface area contributed by atoms with Gasteiger partial charge in [0.2, 0.25) is 5.91 Å². The highest BCUT2D eigenvalue weighted by atomic mass is 16.5. The van der Waals surface area contributed by atoms with E-state index in [1.54, 1.807) is 0 Å². The van der Waals surface area contributed by atoms with Crippen LogP contribution in [0.25, 0.3) is 0 Å². The van der Waals surface area contributed by atoms with Crippen LogP contribution in [0.15, 0.2) is 34.9 Å². The van der Waals surface area contributed by atoms with Crippen LogP contribution in [0.3, 0.4) is 0 Å². The first-order chi connectivity index (χ1) is 14.4. The number of piperazine rings is 1. The number of aliphatic carboxylic acids is 1. The fraction of sp³-hybridized carbons (Fsp3) is 0.500. The van der Waals surface area contributed by atoms with Crippen molar-refractivity contribution in [1.82, 2.24) is 20.3 Å². The van der Waals surface area contributed by atoms with Gasteiger partial charge in [-0.1, -0.05) is 35.5 Å². The van der Waals surface area contributed by atoms with Crippen LogP contribution >= 0.6 is 0 Å². The third kappa shape index (κ3) is 6.14. The number of carboxylic acids is 1. The summed E-state index contributed by atoms with van der Waals surface area (Å²) in [6.07, 6.45) is -0.0124. The molecule has 8 nitrogen and oxygen atoms in total. The molecule has 0 unspecified atom stereocenters. The number of rotatable bonds is 9. The van der Waals surface area contributed by atoms with Gasteiger partial charge in [-0.15, -0.1) is 0 Å². The van der Waals surface area contributed by atoms with E-state index in [1.807, 2.05) is 44.2 Å². The zero-order valence-electron chi connectivity index (χ0n) is 17.6. The summed E-state index contributed by atoms with van der Waals surface area (Å²) in [5.41, 5.74) is 3.04. The second-order valence-electron chi connectivity index (χ2n) is 7.88. The lowest BCUT2D eigenvalue weighted by molar-refractivity contribution is -0.145. The molecule has 2 heterocycles. The molecule has 8 heteroatoms. The number of aryl methyl sites for hydroxylation is 2. The van der Waals surface area contributed by atoms with Crippen molar-refractivity contribution in [3.05, 3.63) is 52.9 Å². The van der Waals surface area contributed by atoms with Crippen molar-refractivity contribution in [3.63, 3.8) is 0 Å². The van der Waals surface area contributed by atoms with Gasteiger partial charge in [0.25, 0.3) is 0 Å². The summed E-state index contributed by atoms with van der Waals surface area (Å²) in [6, 6.07) is 9.59. The van der Waals surface area contributed by atoms with E-state index < -0.39 is 11.9 Å². The molecule has 1 saturated heterocycles. The molecule has 0 aliphatic carbocycles. The summed E-state index contributed by atoms with van der Waals surface area (Å²) in [5, 5.41) is 16.4. The molecule has 0 bridgehead atoms. The Morgan fingerprint density at radius 1 is 1.13 bits per heavy atom. The Hall–Kier alpha value is -2.71. The van der Waals surface area contributed by atoms with Crippen LogP contribution < -0.4 is 5.32 Å². The molecule has 162 valence electrons. The Bertz CT molecular complexity index is 825. The van der Waals surface area contributed by atoms with Crippen molar-refractivity contribution >= 4 is 11.9 Å². The van der Waals surface area contributed by atoms with Gasteiger partial charge in [0.15, 0.2) is 0 Å². The Morgan fingerprint density at radius 2 is 1.80 bits per heavy atom. The van der Waals surface area contributed by atoms with Crippen molar-refractivity contribution in [3.8, 4) is 0 Å². The van der Waals surface area contributed by atoms with E-state index in [2.05, 4.69) is 20.3 Å². The molecule has 3 rings (SSSR count).